The molecule has 0 aliphatic carbocycles. The van der Waals surface area contributed by atoms with E-state index in [1.165, 1.54) is 0 Å². The molecule has 1 heterocycles. The number of amides is 1. The quantitative estimate of drug-likeness (QED) is 0.573. The molecule has 18 heavy (non-hydrogen) atoms. The Bertz CT molecular complexity index is 342. The predicted molar refractivity (Wildman–Crippen MR) is 67.2 cm³/mol. The molecule has 0 spiro atoms. The van der Waals surface area contributed by atoms with Crippen LogP contribution < -0.4 is 0 Å². The standard InChI is InChI=1S/C13H21NO4/c1-4-5-8-18-10(2)11(15)14-7-6-13(3,9-14)12(16)17/h4,10H,1,5-9H2,2-3H3,(H,16,17). The van der Waals surface area contributed by atoms with Gasteiger partial charge in [0.1, 0.15) is 6.10 Å². The molecule has 102 valence electrons. The van der Waals surface area contributed by atoms with Gasteiger partial charge in [-0.2, -0.15) is 0 Å². The van der Waals surface area contributed by atoms with E-state index in [9.17, 15) is 9.59 Å². The molecular formula is C13H21NO4. The van der Waals surface area contributed by atoms with Gasteiger partial charge in [-0.3, -0.25) is 9.59 Å². The van der Waals surface area contributed by atoms with Gasteiger partial charge in [0.05, 0.1) is 12.0 Å². The van der Waals surface area contributed by atoms with E-state index in [0.717, 1.165) is 0 Å². The van der Waals surface area contributed by atoms with Crippen LogP contribution in [0.15, 0.2) is 12.7 Å². The maximum Gasteiger partial charge on any atom is 0.311 e. The molecule has 1 amide bonds. The van der Waals surface area contributed by atoms with Gasteiger partial charge in [-0.1, -0.05) is 6.08 Å². The lowest BCUT2D eigenvalue weighted by Crippen LogP contribution is -2.40. The van der Waals surface area contributed by atoms with Gasteiger partial charge in [-0.15, -0.1) is 6.58 Å². The van der Waals surface area contributed by atoms with Gasteiger partial charge in [0, 0.05) is 13.1 Å². The number of hydrogen-bond donors (Lipinski definition) is 1. The lowest BCUT2D eigenvalue weighted by Gasteiger charge is -2.23. The van der Waals surface area contributed by atoms with E-state index in [2.05, 4.69) is 6.58 Å². The summed E-state index contributed by atoms with van der Waals surface area (Å²) < 4.78 is 5.38. The topological polar surface area (TPSA) is 66.8 Å². The second-order valence-corrected chi connectivity index (χ2v) is 4.97. The number of carboxylic acid groups (broad SMARTS) is 1. The Morgan fingerprint density at radius 3 is 2.78 bits per heavy atom. The molecule has 0 radical (unpaired) electrons. The maximum absolute atomic E-state index is 12.0. The van der Waals surface area contributed by atoms with Crippen LogP contribution in [0.3, 0.4) is 0 Å². The van der Waals surface area contributed by atoms with Crippen LogP contribution in [-0.2, 0) is 14.3 Å². The predicted octanol–water partition coefficient (Wildman–Crippen LogP) is 1.29. The highest BCUT2D eigenvalue weighted by Gasteiger charge is 2.42. The second-order valence-electron chi connectivity index (χ2n) is 4.97. The van der Waals surface area contributed by atoms with Crippen molar-refractivity contribution in [2.45, 2.75) is 32.8 Å². The minimum absolute atomic E-state index is 0.135. The highest BCUT2D eigenvalue weighted by Crippen LogP contribution is 2.30. The Morgan fingerprint density at radius 1 is 1.61 bits per heavy atom. The van der Waals surface area contributed by atoms with Gasteiger partial charge in [-0.25, -0.2) is 0 Å². The summed E-state index contributed by atoms with van der Waals surface area (Å²) in [7, 11) is 0. The summed E-state index contributed by atoms with van der Waals surface area (Å²) in [6.45, 7) is 8.15. The van der Waals surface area contributed by atoms with Gasteiger partial charge >= 0.3 is 5.97 Å². The molecule has 0 bridgehead atoms. The van der Waals surface area contributed by atoms with Gasteiger partial charge in [0.2, 0.25) is 0 Å². The van der Waals surface area contributed by atoms with E-state index in [-0.39, 0.29) is 12.5 Å². The summed E-state index contributed by atoms with van der Waals surface area (Å²) in [6.07, 6.45) is 2.40. The van der Waals surface area contributed by atoms with Crippen molar-refractivity contribution in [3.8, 4) is 0 Å². The zero-order chi connectivity index (χ0) is 13.8. The van der Waals surface area contributed by atoms with Crippen molar-refractivity contribution >= 4 is 11.9 Å². The monoisotopic (exact) mass is 255 g/mol. The molecule has 1 aliphatic rings. The van der Waals surface area contributed by atoms with E-state index in [4.69, 9.17) is 9.84 Å². The molecule has 1 rings (SSSR count). The molecule has 2 unspecified atom stereocenters. The van der Waals surface area contributed by atoms with Crippen LogP contribution in [0.5, 0.6) is 0 Å². The summed E-state index contributed by atoms with van der Waals surface area (Å²) in [5, 5.41) is 9.10. The van der Waals surface area contributed by atoms with Crippen molar-refractivity contribution in [1.29, 1.82) is 0 Å². The molecule has 0 saturated carbocycles. The van der Waals surface area contributed by atoms with E-state index in [0.29, 0.717) is 26.0 Å². The summed E-state index contributed by atoms with van der Waals surface area (Å²) in [5.74, 6) is -0.984. The molecule has 1 N–H and O–H groups in total. The fourth-order valence-corrected chi connectivity index (χ4v) is 1.98. The van der Waals surface area contributed by atoms with Crippen LogP contribution in [0.2, 0.25) is 0 Å². The normalized spacial score (nSPS) is 24.9. The number of aliphatic carboxylic acids is 1. The van der Waals surface area contributed by atoms with Gasteiger partial charge in [0.15, 0.2) is 0 Å². The summed E-state index contributed by atoms with van der Waals surface area (Å²) in [5.41, 5.74) is -0.823. The maximum atomic E-state index is 12.0. The molecule has 5 nitrogen and oxygen atoms in total. The van der Waals surface area contributed by atoms with Crippen molar-refractivity contribution in [2.24, 2.45) is 5.41 Å². The smallest absolute Gasteiger partial charge is 0.311 e. The zero-order valence-electron chi connectivity index (χ0n) is 11.0. The summed E-state index contributed by atoms with van der Waals surface area (Å²) in [4.78, 5) is 24.7. The first kappa shape index (κ1) is 14.7. The number of rotatable bonds is 6. The van der Waals surface area contributed by atoms with Crippen molar-refractivity contribution in [3.63, 3.8) is 0 Å². The Kier molecular flexibility index (Phi) is 4.90. The van der Waals surface area contributed by atoms with E-state index in [1.54, 1.807) is 24.8 Å². The Morgan fingerprint density at radius 2 is 2.28 bits per heavy atom. The molecule has 0 aromatic carbocycles. The fraction of sp³-hybridized carbons (Fsp3) is 0.692. The van der Waals surface area contributed by atoms with Gasteiger partial charge in [-0.05, 0) is 26.7 Å². The lowest BCUT2D eigenvalue weighted by atomic mass is 9.90. The molecule has 0 aromatic rings. The molecule has 2 atom stereocenters. The van der Waals surface area contributed by atoms with E-state index >= 15 is 0 Å². The summed E-state index contributed by atoms with van der Waals surface area (Å²) >= 11 is 0. The number of carbonyl (C=O) groups excluding carboxylic acids is 1. The molecule has 1 fully saturated rings. The molecule has 5 heteroatoms. The van der Waals surface area contributed by atoms with Crippen LogP contribution in [0.1, 0.15) is 26.7 Å². The number of nitrogens with zero attached hydrogens (tertiary/aromatic N) is 1. The van der Waals surface area contributed by atoms with Gasteiger partial charge in [0.25, 0.3) is 5.91 Å². The number of likely N-dealkylation sites (tertiary alicyclic amines) is 1. The minimum atomic E-state index is -0.849. The van der Waals surface area contributed by atoms with Crippen LogP contribution in [-0.4, -0.2) is 47.7 Å². The number of carboxylic acids is 1. The van der Waals surface area contributed by atoms with E-state index in [1.807, 2.05) is 0 Å². The first-order valence-corrected chi connectivity index (χ1v) is 6.15. The number of hydrogen-bond acceptors (Lipinski definition) is 3. The summed E-state index contributed by atoms with van der Waals surface area (Å²) in [6, 6.07) is 0. The van der Waals surface area contributed by atoms with Crippen molar-refractivity contribution in [1.82, 2.24) is 4.90 Å². The Labute approximate surface area is 107 Å². The molecular weight excluding hydrogens is 234 g/mol. The first-order chi connectivity index (χ1) is 8.40. The highest BCUT2D eigenvalue weighted by atomic mass is 16.5. The first-order valence-electron chi connectivity index (χ1n) is 6.15. The molecule has 1 aliphatic heterocycles. The second kappa shape index (κ2) is 6.00. The fourth-order valence-electron chi connectivity index (χ4n) is 1.98. The SMILES string of the molecule is C=CCCOC(C)C(=O)N1CCC(C)(C(=O)O)C1. The van der Waals surface area contributed by atoms with Crippen LogP contribution in [0.25, 0.3) is 0 Å². The highest BCUT2D eigenvalue weighted by molar-refractivity contribution is 5.83. The third-order valence-electron chi connectivity index (χ3n) is 3.34. The van der Waals surface area contributed by atoms with Crippen LogP contribution >= 0.6 is 0 Å². The minimum Gasteiger partial charge on any atom is -0.481 e. The average molecular weight is 255 g/mol. The average Bonchev–Trinajstić information content (AvgIpc) is 2.72. The van der Waals surface area contributed by atoms with Crippen LogP contribution in [0.4, 0.5) is 0 Å². The largest absolute Gasteiger partial charge is 0.481 e. The van der Waals surface area contributed by atoms with Crippen LogP contribution in [0, 0.1) is 5.41 Å². The number of carbonyl (C=O) groups is 2. The van der Waals surface area contributed by atoms with Gasteiger partial charge < -0.3 is 14.7 Å². The Balaban J connectivity index is 2.49. The Hall–Kier alpha value is -1.36. The zero-order valence-corrected chi connectivity index (χ0v) is 11.0. The lowest BCUT2D eigenvalue weighted by molar-refractivity contribution is -0.148. The van der Waals surface area contributed by atoms with Crippen molar-refractivity contribution in [3.05, 3.63) is 12.7 Å². The third kappa shape index (κ3) is 3.32. The van der Waals surface area contributed by atoms with E-state index < -0.39 is 17.5 Å². The molecule has 0 aromatic heterocycles. The van der Waals surface area contributed by atoms with Crippen molar-refractivity contribution in [2.75, 3.05) is 19.7 Å². The molecule has 1 saturated heterocycles. The third-order valence-corrected chi connectivity index (χ3v) is 3.34. The van der Waals surface area contributed by atoms with Crippen molar-refractivity contribution < 1.29 is 19.4 Å². The number of ether oxygens (including phenoxy) is 1.